The molecule has 0 aliphatic heterocycles. The van der Waals surface area contributed by atoms with Crippen LogP contribution in [-0.2, 0) is 0 Å². The lowest BCUT2D eigenvalue weighted by Gasteiger charge is -1.48. The molecule has 32 valence electrons. The Balaban J connectivity index is 0. The molecule has 0 saturated heterocycles. The first-order valence-electron chi connectivity index (χ1n) is 1.63. The van der Waals surface area contributed by atoms with Gasteiger partial charge in [0, 0.05) is 0 Å². The predicted octanol–water partition coefficient (Wildman–Crippen LogP) is -0.736. The fourth-order valence-electron chi connectivity index (χ4n) is 0. The molecule has 3 heteroatoms. The van der Waals surface area contributed by atoms with Crippen molar-refractivity contribution in [3.63, 3.8) is 0 Å². The lowest BCUT2D eigenvalue weighted by molar-refractivity contribution is 0.448. The van der Waals surface area contributed by atoms with Crippen molar-refractivity contribution in [1.29, 1.82) is 0 Å². The fraction of sp³-hybridized carbons (Fsp3) is 1.00. The Labute approximate surface area is 32.8 Å². The topological polar surface area (TPSA) is 40.5 Å². The van der Waals surface area contributed by atoms with E-state index >= 15 is 0 Å². The Morgan fingerprint density at radius 3 is 1.20 bits per heavy atom. The molecule has 0 fully saturated rings. The van der Waals surface area contributed by atoms with Crippen molar-refractivity contribution in [2.24, 2.45) is 0 Å². The Hall–Kier alpha value is -0.0151. The smallest absolute Gasteiger partial charge is 0.430 e. The van der Waals surface area contributed by atoms with E-state index in [1.54, 1.807) is 0 Å². The van der Waals surface area contributed by atoms with Crippen molar-refractivity contribution < 1.29 is 10.0 Å². The molecule has 0 bridgehead atoms. The summed E-state index contributed by atoms with van der Waals surface area (Å²) in [5, 5.41) is 14.2. The van der Waals surface area contributed by atoms with E-state index < -0.39 is 7.69 Å². The van der Waals surface area contributed by atoms with E-state index in [4.69, 9.17) is 10.0 Å². The largest absolute Gasteiger partial charge is 0.432 e. The standard InChI is InChI=1S/C2H6.BH3O2/c1-2;2-1-3/h1-2H3;1-3H. The van der Waals surface area contributed by atoms with Gasteiger partial charge in [0.2, 0.25) is 0 Å². The molecule has 0 heterocycles. The first-order chi connectivity index (χ1) is 2.41. The van der Waals surface area contributed by atoms with Crippen LogP contribution in [0.1, 0.15) is 13.8 Å². The first kappa shape index (κ1) is 8.88. The normalized spacial score (nSPS) is 4.00. The minimum atomic E-state index is -0.750. The van der Waals surface area contributed by atoms with Gasteiger partial charge in [0.25, 0.3) is 0 Å². The van der Waals surface area contributed by atoms with Crippen LogP contribution < -0.4 is 0 Å². The summed E-state index contributed by atoms with van der Waals surface area (Å²) in [6, 6.07) is 0. The molecule has 0 saturated carbocycles. The first-order valence-corrected chi connectivity index (χ1v) is 1.63. The zero-order chi connectivity index (χ0) is 4.71. The van der Waals surface area contributed by atoms with E-state index in [0.29, 0.717) is 0 Å². The molecule has 2 nitrogen and oxygen atoms in total. The van der Waals surface area contributed by atoms with E-state index in [1.807, 2.05) is 13.8 Å². The molecule has 0 aliphatic carbocycles. The highest BCUT2D eigenvalue weighted by atomic mass is 16.4. The Morgan fingerprint density at radius 2 is 1.20 bits per heavy atom. The van der Waals surface area contributed by atoms with Crippen LogP contribution in [0, 0.1) is 0 Å². The molecular formula is C2H9BO2. The Kier molecular flexibility index (Phi) is 65.0. The average molecular weight is 75.9 g/mol. The molecule has 0 radical (unpaired) electrons. The maximum atomic E-state index is 7.12. The zero-order valence-corrected chi connectivity index (χ0v) is 3.60. The zero-order valence-electron chi connectivity index (χ0n) is 3.60. The van der Waals surface area contributed by atoms with Gasteiger partial charge in [-0.05, 0) is 0 Å². The van der Waals surface area contributed by atoms with E-state index in [9.17, 15) is 0 Å². The van der Waals surface area contributed by atoms with E-state index in [0.717, 1.165) is 0 Å². The van der Waals surface area contributed by atoms with Gasteiger partial charge >= 0.3 is 7.69 Å². The number of rotatable bonds is 0. The van der Waals surface area contributed by atoms with Crippen molar-refractivity contribution >= 4 is 7.69 Å². The second-order valence-corrected chi connectivity index (χ2v) is 0.141. The molecule has 0 aromatic carbocycles. The third-order valence-electron chi connectivity index (χ3n) is 0. The van der Waals surface area contributed by atoms with Gasteiger partial charge in [0.15, 0.2) is 0 Å². The summed E-state index contributed by atoms with van der Waals surface area (Å²) in [4.78, 5) is 0. The van der Waals surface area contributed by atoms with Crippen molar-refractivity contribution in [3.8, 4) is 0 Å². The molecule has 0 aromatic heterocycles. The molecule has 0 aromatic rings. The van der Waals surface area contributed by atoms with Gasteiger partial charge in [-0.15, -0.1) is 0 Å². The highest BCUT2D eigenvalue weighted by molar-refractivity contribution is 6.13. The van der Waals surface area contributed by atoms with Crippen LogP contribution >= 0.6 is 0 Å². The van der Waals surface area contributed by atoms with E-state index in [2.05, 4.69) is 0 Å². The lowest BCUT2D eigenvalue weighted by Crippen LogP contribution is -1.75. The van der Waals surface area contributed by atoms with Crippen LogP contribution in [0.5, 0.6) is 0 Å². The number of hydrogen-bond acceptors (Lipinski definition) is 2. The van der Waals surface area contributed by atoms with Gasteiger partial charge in [-0.3, -0.25) is 0 Å². The monoisotopic (exact) mass is 76.1 g/mol. The molecule has 0 spiro atoms. The molecule has 5 heavy (non-hydrogen) atoms. The fourth-order valence-corrected chi connectivity index (χ4v) is 0. The minimum absolute atomic E-state index is 0.750. The highest BCUT2D eigenvalue weighted by Gasteiger charge is 1.48. The van der Waals surface area contributed by atoms with Crippen LogP contribution in [0.4, 0.5) is 0 Å². The van der Waals surface area contributed by atoms with Crippen LogP contribution in [-0.4, -0.2) is 17.7 Å². The van der Waals surface area contributed by atoms with Crippen LogP contribution in [0.3, 0.4) is 0 Å². The molecule has 0 unspecified atom stereocenters. The van der Waals surface area contributed by atoms with E-state index in [1.165, 1.54) is 0 Å². The summed E-state index contributed by atoms with van der Waals surface area (Å²) in [6.07, 6.45) is 0. The maximum absolute atomic E-state index is 7.12. The SMILES string of the molecule is CC.OBO. The van der Waals surface area contributed by atoms with E-state index in [-0.39, 0.29) is 0 Å². The summed E-state index contributed by atoms with van der Waals surface area (Å²) in [6.45, 7) is 4.00. The summed E-state index contributed by atoms with van der Waals surface area (Å²) >= 11 is 0. The summed E-state index contributed by atoms with van der Waals surface area (Å²) < 4.78 is 0. The maximum Gasteiger partial charge on any atom is 0.432 e. The van der Waals surface area contributed by atoms with Gasteiger partial charge < -0.3 is 10.0 Å². The average Bonchev–Trinajstić information content (AvgIpc) is 1.46. The number of hydrogen-bond donors (Lipinski definition) is 2. The molecule has 2 N–H and O–H groups in total. The van der Waals surface area contributed by atoms with Crippen LogP contribution in [0.2, 0.25) is 0 Å². The molecule has 0 amide bonds. The van der Waals surface area contributed by atoms with Crippen molar-refractivity contribution in [3.05, 3.63) is 0 Å². The van der Waals surface area contributed by atoms with Gasteiger partial charge in [0.05, 0.1) is 0 Å². The summed E-state index contributed by atoms with van der Waals surface area (Å²) in [5.41, 5.74) is 0. The third kappa shape index (κ3) is 69200. The quantitative estimate of drug-likeness (QED) is 0.373. The van der Waals surface area contributed by atoms with Crippen molar-refractivity contribution in [1.82, 2.24) is 0 Å². The third-order valence-corrected chi connectivity index (χ3v) is 0. The van der Waals surface area contributed by atoms with Crippen LogP contribution in [0.15, 0.2) is 0 Å². The Morgan fingerprint density at radius 1 is 1.20 bits per heavy atom. The van der Waals surface area contributed by atoms with Crippen molar-refractivity contribution in [2.75, 3.05) is 0 Å². The van der Waals surface area contributed by atoms with Gasteiger partial charge in [0.1, 0.15) is 0 Å². The summed E-state index contributed by atoms with van der Waals surface area (Å²) in [5.74, 6) is 0. The molecule has 0 aliphatic rings. The second-order valence-electron chi connectivity index (χ2n) is 0.141. The highest BCUT2D eigenvalue weighted by Crippen LogP contribution is 1.14. The lowest BCUT2D eigenvalue weighted by atomic mass is 10.5. The second kappa shape index (κ2) is 36.6. The summed E-state index contributed by atoms with van der Waals surface area (Å²) in [7, 11) is -0.750. The van der Waals surface area contributed by atoms with Gasteiger partial charge in [-0.2, -0.15) is 0 Å². The predicted molar refractivity (Wildman–Crippen MR) is 22.9 cm³/mol. The van der Waals surface area contributed by atoms with Gasteiger partial charge in [-0.25, -0.2) is 0 Å². The molecule has 0 rings (SSSR count). The van der Waals surface area contributed by atoms with Crippen molar-refractivity contribution in [2.45, 2.75) is 13.8 Å². The van der Waals surface area contributed by atoms with Gasteiger partial charge in [-0.1, -0.05) is 13.8 Å². The molecular weight excluding hydrogens is 66.8 g/mol. The molecule has 0 atom stereocenters. The minimum Gasteiger partial charge on any atom is -0.430 e. The Bertz CT molecular complexity index is 7.61. The van der Waals surface area contributed by atoms with Crippen LogP contribution in [0.25, 0.3) is 0 Å².